The molecule has 3 heterocycles. The second-order valence-corrected chi connectivity index (χ2v) is 14.7. The molecular weight excluding hydrogens is 709 g/mol. The normalized spacial score (nSPS) is 11.8. The van der Waals surface area contributed by atoms with Crippen molar-refractivity contribution in [2.75, 3.05) is 0 Å². The first kappa shape index (κ1) is 32.4. The molecular formula is C53H32N4O. The van der Waals surface area contributed by atoms with Crippen LogP contribution in [-0.2, 0) is 0 Å². The van der Waals surface area contributed by atoms with Crippen molar-refractivity contribution >= 4 is 65.3 Å². The van der Waals surface area contributed by atoms with Crippen molar-refractivity contribution < 1.29 is 4.42 Å². The molecule has 0 bridgehead atoms. The van der Waals surface area contributed by atoms with Crippen LogP contribution in [0.4, 0.5) is 0 Å². The van der Waals surface area contributed by atoms with E-state index in [0.717, 1.165) is 77.2 Å². The smallest absolute Gasteiger partial charge is 0.164 e. The summed E-state index contributed by atoms with van der Waals surface area (Å²) in [5, 5.41) is 9.17. The molecule has 5 heteroatoms. The van der Waals surface area contributed by atoms with E-state index < -0.39 is 0 Å². The average molecular weight is 741 g/mol. The van der Waals surface area contributed by atoms with E-state index in [2.05, 4.69) is 132 Å². The van der Waals surface area contributed by atoms with E-state index in [0.29, 0.717) is 17.5 Å². The highest BCUT2D eigenvalue weighted by atomic mass is 16.3. The van der Waals surface area contributed by atoms with E-state index in [-0.39, 0.29) is 0 Å². The Bertz CT molecular complexity index is 3510. The summed E-state index contributed by atoms with van der Waals surface area (Å²) in [7, 11) is 0. The molecule has 0 saturated carbocycles. The molecule has 58 heavy (non-hydrogen) atoms. The number of furan rings is 1. The third kappa shape index (κ3) is 5.00. The number of aromatic nitrogens is 4. The van der Waals surface area contributed by atoms with Crippen LogP contribution < -0.4 is 0 Å². The third-order valence-corrected chi connectivity index (χ3v) is 11.4. The second kappa shape index (κ2) is 12.8. The van der Waals surface area contributed by atoms with E-state index in [1.165, 1.54) is 21.5 Å². The SMILES string of the molecule is c1ccc(-c2nc(-c3ccccc3)nc(-c3ccc(-c4ccc(-n5c6ccccc6c6cc7ccccc7cc65)c5oc6ccccc6c45)c4ccccc34)n2)cc1. The van der Waals surface area contributed by atoms with Crippen LogP contribution in [0.3, 0.4) is 0 Å². The number of benzene rings is 9. The minimum atomic E-state index is 0.628. The predicted octanol–water partition coefficient (Wildman–Crippen LogP) is 13.8. The molecule has 0 fully saturated rings. The van der Waals surface area contributed by atoms with Gasteiger partial charge in [-0.05, 0) is 69.1 Å². The van der Waals surface area contributed by atoms with Gasteiger partial charge in [-0.3, -0.25) is 0 Å². The lowest BCUT2D eigenvalue weighted by atomic mass is 9.92. The molecule has 0 aliphatic carbocycles. The summed E-state index contributed by atoms with van der Waals surface area (Å²) in [6.45, 7) is 0. The van der Waals surface area contributed by atoms with Gasteiger partial charge in [-0.15, -0.1) is 0 Å². The molecule has 0 amide bonds. The molecule has 0 atom stereocenters. The average Bonchev–Trinajstić information content (AvgIpc) is 3.84. The Morgan fingerprint density at radius 3 is 1.62 bits per heavy atom. The molecule has 12 aromatic rings. The maximum Gasteiger partial charge on any atom is 0.164 e. The van der Waals surface area contributed by atoms with E-state index in [1.54, 1.807) is 0 Å². The summed E-state index contributed by atoms with van der Waals surface area (Å²) in [5.74, 6) is 1.90. The Morgan fingerprint density at radius 2 is 0.897 bits per heavy atom. The lowest BCUT2D eigenvalue weighted by Crippen LogP contribution is -2.00. The Kier molecular flexibility index (Phi) is 7.16. The fraction of sp³-hybridized carbons (Fsp3) is 0. The van der Waals surface area contributed by atoms with Gasteiger partial charge in [-0.1, -0.05) is 158 Å². The van der Waals surface area contributed by atoms with Crippen LogP contribution >= 0.6 is 0 Å². The molecule has 270 valence electrons. The topological polar surface area (TPSA) is 56.7 Å². The van der Waals surface area contributed by atoms with Gasteiger partial charge >= 0.3 is 0 Å². The maximum atomic E-state index is 6.92. The number of hydrogen-bond donors (Lipinski definition) is 0. The van der Waals surface area contributed by atoms with E-state index in [4.69, 9.17) is 19.4 Å². The highest BCUT2D eigenvalue weighted by molar-refractivity contribution is 6.20. The summed E-state index contributed by atoms with van der Waals surface area (Å²) in [4.78, 5) is 15.2. The van der Waals surface area contributed by atoms with Crippen molar-refractivity contribution in [3.05, 3.63) is 194 Å². The molecule has 9 aromatic carbocycles. The quantitative estimate of drug-likeness (QED) is 0.176. The zero-order valence-electron chi connectivity index (χ0n) is 31.2. The number of hydrogen-bond acceptors (Lipinski definition) is 4. The van der Waals surface area contributed by atoms with Gasteiger partial charge in [0.15, 0.2) is 23.1 Å². The van der Waals surface area contributed by atoms with Crippen molar-refractivity contribution in [3.63, 3.8) is 0 Å². The first-order chi connectivity index (χ1) is 28.8. The molecule has 0 saturated heterocycles. The van der Waals surface area contributed by atoms with Crippen molar-refractivity contribution in [3.8, 4) is 51.0 Å². The van der Waals surface area contributed by atoms with E-state index in [9.17, 15) is 0 Å². The fourth-order valence-corrected chi connectivity index (χ4v) is 8.79. The van der Waals surface area contributed by atoms with Crippen molar-refractivity contribution in [2.45, 2.75) is 0 Å². The molecule has 0 spiro atoms. The summed E-state index contributed by atoms with van der Waals surface area (Å²) in [6, 6.07) is 68.0. The highest BCUT2D eigenvalue weighted by Crippen LogP contribution is 2.45. The van der Waals surface area contributed by atoms with Crippen molar-refractivity contribution in [1.82, 2.24) is 19.5 Å². The van der Waals surface area contributed by atoms with Crippen LogP contribution in [0.25, 0.3) is 116 Å². The largest absolute Gasteiger partial charge is 0.454 e. The number of fused-ring (bicyclic) bond motifs is 8. The summed E-state index contributed by atoms with van der Waals surface area (Å²) < 4.78 is 9.30. The van der Waals surface area contributed by atoms with Crippen LogP contribution in [0.2, 0.25) is 0 Å². The van der Waals surface area contributed by atoms with Gasteiger partial charge in [0.2, 0.25) is 0 Å². The summed E-state index contributed by atoms with van der Waals surface area (Å²) in [5.41, 5.74) is 10.0. The molecule has 12 rings (SSSR count). The van der Waals surface area contributed by atoms with Gasteiger partial charge in [0.05, 0.1) is 16.7 Å². The van der Waals surface area contributed by atoms with Crippen LogP contribution in [0.15, 0.2) is 199 Å². The first-order valence-corrected chi connectivity index (χ1v) is 19.5. The first-order valence-electron chi connectivity index (χ1n) is 19.5. The van der Waals surface area contributed by atoms with Crippen LogP contribution in [-0.4, -0.2) is 19.5 Å². The predicted molar refractivity (Wildman–Crippen MR) is 238 cm³/mol. The van der Waals surface area contributed by atoms with Crippen molar-refractivity contribution in [1.29, 1.82) is 0 Å². The zero-order valence-corrected chi connectivity index (χ0v) is 31.2. The molecule has 0 radical (unpaired) electrons. The number of rotatable bonds is 5. The zero-order chi connectivity index (χ0) is 38.2. The lowest BCUT2D eigenvalue weighted by molar-refractivity contribution is 0.666. The lowest BCUT2D eigenvalue weighted by Gasteiger charge is -2.15. The van der Waals surface area contributed by atoms with Crippen molar-refractivity contribution in [2.24, 2.45) is 0 Å². The van der Waals surface area contributed by atoms with Gasteiger partial charge in [-0.2, -0.15) is 0 Å². The highest BCUT2D eigenvalue weighted by Gasteiger charge is 2.23. The minimum Gasteiger partial charge on any atom is -0.454 e. The maximum absolute atomic E-state index is 6.92. The Hall–Kier alpha value is -7.89. The Morgan fingerprint density at radius 1 is 0.362 bits per heavy atom. The Balaban J connectivity index is 1.10. The molecule has 0 unspecified atom stereocenters. The van der Waals surface area contributed by atoms with Gasteiger partial charge in [0, 0.05) is 38.2 Å². The monoisotopic (exact) mass is 740 g/mol. The molecule has 5 nitrogen and oxygen atoms in total. The third-order valence-electron chi connectivity index (χ3n) is 11.4. The van der Waals surface area contributed by atoms with E-state index in [1.807, 2.05) is 66.7 Å². The molecule has 0 N–H and O–H groups in total. The van der Waals surface area contributed by atoms with Crippen LogP contribution in [0.5, 0.6) is 0 Å². The van der Waals surface area contributed by atoms with Gasteiger partial charge in [-0.25, -0.2) is 15.0 Å². The Labute approximate surface area is 333 Å². The van der Waals surface area contributed by atoms with E-state index >= 15 is 0 Å². The summed E-state index contributed by atoms with van der Waals surface area (Å²) >= 11 is 0. The summed E-state index contributed by atoms with van der Waals surface area (Å²) in [6.07, 6.45) is 0. The minimum absolute atomic E-state index is 0.628. The van der Waals surface area contributed by atoms with Gasteiger partial charge in [0.1, 0.15) is 5.58 Å². The van der Waals surface area contributed by atoms with Gasteiger partial charge in [0.25, 0.3) is 0 Å². The number of nitrogens with zero attached hydrogens (tertiary/aromatic N) is 4. The standard InChI is InChI=1S/C53H32N4O/c1-3-15-33(16-4-1)51-54-52(34-17-5-2-6-18-34)56-53(55-51)42-28-27-39(37-21-9-10-22-38(37)42)41-29-30-46(50-49(41)43-24-12-14-26-48(43)58-50)57-45-25-13-11-23-40(45)44-31-35-19-7-8-20-36(35)32-47(44)57/h1-32H. The number of para-hydroxylation sites is 2. The second-order valence-electron chi connectivity index (χ2n) is 14.7. The van der Waals surface area contributed by atoms with Crippen LogP contribution in [0.1, 0.15) is 0 Å². The van der Waals surface area contributed by atoms with Crippen LogP contribution in [0, 0.1) is 0 Å². The fourth-order valence-electron chi connectivity index (χ4n) is 8.79. The molecule has 0 aliphatic heterocycles. The van der Waals surface area contributed by atoms with Gasteiger partial charge < -0.3 is 8.98 Å². The molecule has 0 aliphatic rings. The molecule has 3 aromatic heterocycles.